The van der Waals surface area contributed by atoms with Gasteiger partial charge in [0.2, 0.25) is 0 Å². The molecule has 2 aromatic carbocycles. The third-order valence-corrected chi connectivity index (χ3v) is 4.09. The van der Waals surface area contributed by atoms with Gasteiger partial charge in [0, 0.05) is 11.9 Å². The minimum absolute atomic E-state index is 0.211. The largest absolute Gasteiger partial charge is 0.334 e. The smallest absolute Gasteiger partial charge is 0.293 e. The number of benzene rings is 2. The summed E-state index contributed by atoms with van der Waals surface area (Å²) >= 11 is 0. The fraction of sp³-hybridized carbons (Fsp3) is 0.111. The van der Waals surface area contributed by atoms with E-state index < -0.39 is 5.82 Å². The van der Waals surface area contributed by atoms with Crippen LogP contribution in [-0.2, 0) is 6.54 Å². The zero-order valence-electron chi connectivity index (χ0n) is 12.5. The summed E-state index contributed by atoms with van der Waals surface area (Å²) in [5.41, 5.74) is 1.65. The average Bonchev–Trinajstić information content (AvgIpc) is 3.01. The van der Waals surface area contributed by atoms with Crippen LogP contribution in [0.3, 0.4) is 0 Å². The van der Waals surface area contributed by atoms with E-state index in [0.717, 1.165) is 10.9 Å². The maximum Gasteiger partial charge on any atom is 0.334 e. The van der Waals surface area contributed by atoms with Gasteiger partial charge in [-0.15, -0.1) is 0 Å². The summed E-state index contributed by atoms with van der Waals surface area (Å²) in [7, 11) is 0. The summed E-state index contributed by atoms with van der Waals surface area (Å²) in [6.45, 7) is 2.45. The van der Waals surface area contributed by atoms with Gasteiger partial charge in [0.1, 0.15) is 5.82 Å². The van der Waals surface area contributed by atoms with E-state index in [9.17, 15) is 9.18 Å². The van der Waals surface area contributed by atoms with Crippen molar-refractivity contribution in [3.63, 3.8) is 0 Å². The molecule has 0 amide bonds. The van der Waals surface area contributed by atoms with Crippen molar-refractivity contribution in [1.82, 2.24) is 14.0 Å². The number of aromatic nitrogens is 3. The molecule has 0 saturated heterocycles. The molecule has 2 aromatic heterocycles. The van der Waals surface area contributed by atoms with E-state index in [0.29, 0.717) is 23.4 Å². The molecule has 0 N–H and O–H groups in total. The third-order valence-electron chi connectivity index (χ3n) is 4.09. The van der Waals surface area contributed by atoms with E-state index in [1.165, 1.54) is 10.5 Å². The Morgan fingerprint density at radius 1 is 1.04 bits per heavy atom. The first-order valence-electron chi connectivity index (χ1n) is 7.46. The van der Waals surface area contributed by atoms with E-state index >= 15 is 0 Å². The van der Waals surface area contributed by atoms with Crippen molar-refractivity contribution in [1.29, 1.82) is 0 Å². The van der Waals surface area contributed by atoms with E-state index in [2.05, 4.69) is 4.98 Å². The van der Waals surface area contributed by atoms with E-state index in [1.54, 1.807) is 29.0 Å². The van der Waals surface area contributed by atoms with Crippen LogP contribution >= 0.6 is 0 Å². The van der Waals surface area contributed by atoms with Gasteiger partial charge in [-0.05, 0) is 25.1 Å². The number of fused-ring (bicyclic) bond motifs is 3. The Morgan fingerprint density at radius 3 is 2.57 bits per heavy atom. The van der Waals surface area contributed by atoms with Gasteiger partial charge >= 0.3 is 5.69 Å². The molecule has 0 aliphatic heterocycles. The summed E-state index contributed by atoms with van der Waals surface area (Å²) in [4.78, 5) is 17.2. The van der Waals surface area contributed by atoms with Crippen LogP contribution in [0.5, 0.6) is 0 Å². The molecule has 0 bridgehead atoms. The fourth-order valence-corrected chi connectivity index (χ4v) is 3.02. The van der Waals surface area contributed by atoms with Crippen molar-refractivity contribution in [2.75, 3.05) is 0 Å². The van der Waals surface area contributed by atoms with Gasteiger partial charge in [-0.25, -0.2) is 18.6 Å². The summed E-state index contributed by atoms with van der Waals surface area (Å²) in [6, 6.07) is 14.0. The van der Waals surface area contributed by atoms with Crippen LogP contribution in [0.4, 0.5) is 4.39 Å². The number of aryl methyl sites for hydroxylation is 1. The fourth-order valence-electron chi connectivity index (χ4n) is 3.02. The van der Waals surface area contributed by atoms with Crippen LogP contribution in [-0.4, -0.2) is 14.0 Å². The molecule has 0 spiro atoms. The lowest BCUT2D eigenvalue weighted by Gasteiger charge is -2.11. The van der Waals surface area contributed by atoms with Gasteiger partial charge < -0.3 is 0 Å². The lowest BCUT2D eigenvalue weighted by molar-refractivity contribution is 0.629. The minimum Gasteiger partial charge on any atom is -0.293 e. The highest BCUT2D eigenvalue weighted by Gasteiger charge is 2.16. The Balaban J connectivity index is 2.21. The zero-order chi connectivity index (χ0) is 16.0. The van der Waals surface area contributed by atoms with Gasteiger partial charge in [0.15, 0.2) is 5.82 Å². The Kier molecular flexibility index (Phi) is 3.01. The SMILES string of the molecule is CCn1c(=O)n2c(-c3ccccc3F)ncc2c2ccccc21. The first-order chi connectivity index (χ1) is 11.2. The highest BCUT2D eigenvalue weighted by atomic mass is 19.1. The molecule has 4 aromatic rings. The van der Waals surface area contributed by atoms with Crippen molar-refractivity contribution >= 4 is 16.4 Å². The predicted octanol–water partition coefficient (Wildman–Crippen LogP) is 3.48. The highest BCUT2D eigenvalue weighted by molar-refractivity contribution is 5.94. The second-order valence-electron chi connectivity index (χ2n) is 5.33. The highest BCUT2D eigenvalue weighted by Crippen LogP contribution is 2.25. The van der Waals surface area contributed by atoms with Crippen LogP contribution in [0.15, 0.2) is 59.5 Å². The monoisotopic (exact) mass is 307 g/mol. The molecule has 2 heterocycles. The maximum absolute atomic E-state index is 14.1. The molecule has 0 aliphatic rings. The molecule has 5 heteroatoms. The number of rotatable bonds is 2. The van der Waals surface area contributed by atoms with Gasteiger partial charge in [0.25, 0.3) is 0 Å². The first-order valence-corrected chi connectivity index (χ1v) is 7.46. The van der Waals surface area contributed by atoms with Gasteiger partial charge in [-0.3, -0.25) is 4.57 Å². The molecule has 0 radical (unpaired) electrons. The summed E-state index contributed by atoms with van der Waals surface area (Å²) < 4.78 is 17.3. The van der Waals surface area contributed by atoms with Crippen LogP contribution in [0, 0.1) is 5.82 Å². The van der Waals surface area contributed by atoms with Crippen LogP contribution in [0.25, 0.3) is 27.8 Å². The molecule has 23 heavy (non-hydrogen) atoms. The standard InChI is InChI=1S/C18H14FN3O/c1-2-21-15-10-6-4-8-13(15)16-11-20-17(22(16)18(21)23)12-7-3-5-9-14(12)19/h3-11H,2H2,1H3. The molecule has 0 aliphatic carbocycles. The van der Waals surface area contributed by atoms with Crippen molar-refractivity contribution in [3.8, 4) is 11.4 Å². The summed E-state index contributed by atoms with van der Waals surface area (Å²) in [6.07, 6.45) is 1.63. The molecule has 0 unspecified atom stereocenters. The average molecular weight is 307 g/mol. The number of nitrogens with zero attached hydrogens (tertiary/aromatic N) is 3. The molecular formula is C18H14FN3O. The van der Waals surface area contributed by atoms with Crippen molar-refractivity contribution in [2.24, 2.45) is 0 Å². The molecule has 0 atom stereocenters. The predicted molar refractivity (Wildman–Crippen MR) is 88.0 cm³/mol. The lowest BCUT2D eigenvalue weighted by atomic mass is 10.2. The summed E-state index contributed by atoms with van der Waals surface area (Å²) in [5, 5.41) is 0.920. The van der Waals surface area contributed by atoms with E-state index in [4.69, 9.17) is 0 Å². The van der Waals surface area contributed by atoms with Crippen LogP contribution in [0.1, 0.15) is 6.92 Å². The second kappa shape index (κ2) is 5.05. The quantitative estimate of drug-likeness (QED) is 0.569. The molecule has 4 rings (SSSR count). The number of halogens is 1. The van der Waals surface area contributed by atoms with Gasteiger partial charge in [-0.2, -0.15) is 0 Å². The number of hydrogen-bond donors (Lipinski definition) is 0. The van der Waals surface area contributed by atoms with Crippen molar-refractivity contribution < 1.29 is 4.39 Å². The Hall–Kier alpha value is -2.95. The molecule has 114 valence electrons. The van der Waals surface area contributed by atoms with Gasteiger partial charge in [0.05, 0.1) is 22.8 Å². The number of imidazole rings is 1. The normalized spacial score (nSPS) is 11.4. The second-order valence-corrected chi connectivity index (χ2v) is 5.33. The topological polar surface area (TPSA) is 39.3 Å². The number of para-hydroxylation sites is 1. The van der Waals surface area contributed by atoms with Gasteiger partial charge in [-0.1, -0.05) is 30.3 Å². The lowest BCUT2D eigenvalue weighted by Crippen LogP contribution is -2.27. The summed E-state index contributed by atoms with van der Waals surface area (Å²) in [5.74, 6) is -0.0633. The molecule has 4 nitrogen and oxygen atoms in total. The van der Waals surface area contributed by atoms with E-state index in [1.807, 2.05) is 31.2 Å². The van der Waals surface area contributed by atoms with E-state index in [-0.39, 0.29) is 5.69 Å². The molecule has 0 saturated carbocycles. The maximum atomic E-state index is 14.1. The van der Waals surface area contributed by atoms with Crippen LogP contribution < -0.4 is 5.69 Å². The third kappa shape index (κ3) is 1.90. The first kappa shape index (κ1) is 13.7. The Morgan fingerprint density at radius 2 is 1.78 bits per heavy atom. The number of hydrogen-bond acceptors (Lipinski definition) is 2. The van der Waals surface area contributed by atoms with Crippen molar-refractivity contribution in [2.45, 2.75) is 13.5 Å². The zero-order valence-corrected chi connectivity index (χ0v) is 12.5. The molecular weight excluding hydrogens is 293 g/mol. The Bertz CT molecular complexity index is 1090. The van der Waals surface area contributed by atoms with Crippen LogP contribution in [0.2, 0.25) is 0 Å². The molecule has 0 fully saturated rings. The Labute approximate surface area is 131 Å². The van der Waals surface area contributed by atoms with Crippen molar-refractivity contribution in [3.05, 3.63) is 71.0 Å². The minimum atomic E-state index is -0.393.